The Morgan fingerprint density at radius 1 is 1.12 bits per heavy atom. The molecule has 0 spiro atoms. The summed E-state index contributed by atoms with van der Waals surface area (Å²) in [5.41, 5.74) is 1.21. The van der Waals surface area contributed by atoms with Crippen LogP contribution in [0.25, 0.3) is 0 Å². The van der Waals surface area contributed by atoms with E-state index in [4.69, 9.17) is 9.41 Å². The van der Waals surface area contributed by atoms with Gasteiger partial charge in [0.15, 0.2) is 11.8 Å². The van der Waals surface area contributed by atoms with Crippen LogP contribution in [0.5, 0.6) is 0 Å². The van der Waals surface area contributed by atoms with Gasteiger partial charge in [0.05, 0.1) is 18.3 Å². The van der Waals surface area contributed by atoms with Crippen molar-refractivity contribution in [3.05, 3.63) is 71.7 Å². The van der Waals surface area contributed by atoms with Crippen LogP contribution in [0.15, 0.2) is 58.1 Å². The Kier molecular flexibility index (Phi) is 7.21. The molecule has 0 saturated carbocycles. The van der Waals surface area contributed by atoms with E-state index in [-0.39, 0.29) is 12.1 Å². The minimum Gasteiger partial charge on any atom is -0.468 e. The molecule has 1 aliphatic heterocycles. The van der Waals surface area contributed by atoms with Crippen LogP contribution in [0.1, 0.15) is 54.8 Å². The molecule has 1 aromatic carbocycles. The fourth-order valence-corrected chi connectivity index (χ4v) is 4.06. The molecule has 2 unspecified atom stereocenters. The van der Waals surface area contributed by atoms with Crippen LogP contribution in [0, 0.1) is 6.92 Å². The second-order valence-electron chi connectivity index (χ2n) is 8.32. The summed E-state index contributed by atoms with van der Waals surface area (Å²) in [7, 11) is 1.97. The molecule has 3 heterocycles. The Morgan fingerprint density at radius 2 is 1.91 bits per heavy atom. The Hall–Kier alpha value is -3.13. The van der Waals surface area contributed by atoms with Crippen molar-refractivity contribution < 1.29 is 4.42 Å². The average molecular weight is 436 g/mol. The Labute approximate surface area is 189 Å². The van der Waals surface area contributed by atoms with Crippen molar-refractivity contribution >= 4 is 5.96 Å². The molecule has 8 heteroatoms. The minimum absolute atomic E-state index is 0.109. The lowest BCUT2D eigenvalue weighted by molar-refractivity contribution is 0.215. The molecule has 2 atom stereocenters. The molecule has 0 bridgehead atoms. The zero-order valence-electron chi connectivity index (χ0n) is 19.2. The second-order valence-corrected chi connectivity index (χ2v) is 8.32. The number of hydrogen-bond donors (Lipinski definition) is 2. The molecule has 0 amide bonds. The molecule has 32 heavy (non-hydrogen) atoms. The van der Waals surface area contributed by atoms with Crippen LogP contribution < -0.4 is 10.6 Å². The van der Waals surface area contributed by atoms with Gasteiger partial charge in [-0.05, 0) is 57.5 Å². The standard InChI is InChI=1S/C24H33N7O/c1-18(20-10-5-4-6-11-20)27-24(26-17-23-29-28-19(2)30(23)3)25-16-21(22-12-9-15-32-22)31-13-7-8-14-31/h4-6,9-12,15,18,21H,7-8,13-14,16-17H2,1-3H3,(H2,25,26,27). The van der Waals surface area contributed by atoms with E-state index < -0.39 is 0 Å². The highest BCUT2D eigenvalue weighted by molar-refractivity contribution is 5.80. The smallest absolute Gasteiger partial charge is 0.192 e. The maximum Gasteiger partial charge on any atom is 0.192 e. The van der Waals surface area contributed by atoms with E-state index in [9.17, 15) is 0 Å². The second kappa shape index (κ2) is 10.5. The fourth-order valence-electron chi connectivity index (χ4n) is 4.06. The summed E-state index contributed by atoms with van der Waals surface area (Å²) in [6.45, 7) is 7.42. The summed E-state index contributed by atoms with van der Waals surface area (Å²) in [4.78, 5) is 7.32. The van der Waals surface area contributed by atoms with Crippen LogP contribution in [0.4, 0.5) is 0 Å². The molecule has 4 rings (SSSR count). The van der Waals surface area contributed by atoms with Crippen molar-refractivity contribution in [3.63, 3.8) is 0 Å². The van der Waals surface area contributed by atoms with Gasteiger partial charge < -0.3 is 19.6 Å². The molecule has 2 N–H and O–H groups in total. The molecule has 8 nitrogen and oxygen atoms in total. The van der Waals surface area contributed by atoms with Gasteiger partial charge in [0.2, 0.25) is 0 Å². The highest BCUT2D eigenvalue weighted by atomic mass is 16.3. The van der Waals surface area contributed by atoms with E-state index in [0.717, 1.165) is 36.5 Å². The number of benzene rings is 1. The average Bonchev–Trinajstić information content (AvgIpc) is 3.58. The van der Waals surface area contributed by atoms with Crippen molar-refractivity contribution in [2.75, 3.05) is 19.6 Å². The monoisotopic (exact) mass is 435 g/mol. The summed E-state index contributed by atoms with van der Waals surface area (Å²) >= 11 is 0. The predicted molar refractivity (Wildman–Crippen MR) is 125 cm³/mol. The van der Waals surface area contributed by atoms with E-state index in [1.165, 1.54) is 18.4 Å². The molecule has 1 fully saturated rings. The summed E-state index contributed by atoms with van der Waals surface area (Å²) < 4.78 is 7.74. The number of aromatic nitrogens is 3. The molecular weight excluding hydrogens is 402 g/mol. The number of nitrogens with one attached hydrogen (secondary N) is 2. The van der Waals surface area contributed by atoms with Gasteiger partial charge in [0.25, 0.3) is 0 Å². The van der Waals surface area contributed by atoms with E-state index in [1.54, 1.807) is 6.26 Å². The Bertz CT molecular complexity index is 991. The van der Waals surface area contributed by atoms with E-state index >= 15 is 0 Å². The normalized spacial score (nSPS) is 16.8. The quantitative estimate of drug-likeness (QED) is 0.417. The third-order valence-corrected chi connectivity index (χ3v) is 6.13. The SMILES string of the molecule is Cc1nnc(CN=C(NCC(c2ccco2)N2CCCC2)NC(C)c2ccccc2)n1C. The fraction of sp³-hybridized carbons (Fsp3) is 0.458. The zero-order chi connectivity index (χ0) is 22.3. The van der Waals surface area contributed by atoms with Gasteiger partial charge in [-0.3, -0.25) is 4.90 Å². The van der Waals surface area contributed by atoms with Gasteiger partial charge in [-0.2, -0.15) is 0 Å². The van der Waals surface area contributed by atoms with Crippen LogP contribution in [-0.4, -0.2) is 45.3 Å². The highest BCUT2D eigenvalue weighted by Crippen LogP contribution is 2.25. The van der Waals surface area contributed by atoms with Gasteiger partial charge in [0.1, 0.15) is 18.1 Å². The first-order chi connectivity index (χ1) is 15.6. The Morgan fingerprint density at radius 3 is 2.56 bits per heavy atom. The molecule has 2 aromatic heterocycles. The first-order valence-electron chi connectivity index (χ1n) is 11.3. The minimum atomic E-state index is 0.109. The van der Waals surface area contributed by atoms with Gasteiger partial charge in [0, 0.05) is 13.6 Å². The van der Waals surface area contributed by atoms with E-state index in [2.05, 4.69) is 63.0 Å². The maximum atomic E-state index is 5.78. The van der Waals surface area contributed by atoms with Crippen molar-refractivity contribution in [1.29, 1.82) is 0 Å². The summed E-state index contributed by atoms with van der Waals surface area (Å²) in [5, 5.41) is 15.5. The number of likely N-dealkylation sites (tertiary alicyclic amines) is 1. The molecule has 0 radical (unpaired) electrons. The van der Waals surface area contributed by atoms with E-state index in [1.807, 2.05) is 30.7 Å². The van der Waals surface area contributed by atoms with Crippen molar-refractivity contribution in [2.45, 2.75) is 45.3 Å². The summed E-state index contributed by atoms with van der Waals surface area (Å²) in [6, 6.07) is 14.7. The predicted octanol–water partition coefficient (Wildman–Crippen LogP) is 3.35. The topological polar surface area (TPSA) is 83.5 Å². The number of rotatable bonds is 8. The number of aryl methyl sites for hydroxylation is 1. The van der Waals surface area contributed by atoms with Crippen molar-refractivity contribution in [3.8, 4) is 0 Å². The first-order valence-corrected chi connectivity index (χ1v) is 11.3. The van der Waals surface area contributed by atoms with E-state index in [0.29, 0.717) is 13.1 Å². The number of hydrogen-bond acceptors (Lipinski definition) is 5. The maximum absolute atomic E-state index is 5.78. The first kappa shape index (κ1) is 22.1. The lowest BCUT2D eigenvalue weighted by atomic mass is 10.1. The van der Waals surface area contributed by atoms with Crippen LogP contribution in [0.2, 0.25) is 0 Å². The highest BCUT2D eigenvalue weighted by Gasteiger charge is 2.26. The van der Waals surface area contributed by atoms with Gasteiger partial charge in [-0.25, -0.2) is 4.99 Å². The molecular formula is C24H33N7O. The largest absolute Gasteiger partial charge is 0.468 e. The third kappa shape index (κ3) is 5.37. The van der Waals surface area contributed by atoms with Crippen LogP contribution in [0.3, 0.4) is 0 Å². The molecule has 3 aromatic rings. The number of nitrogens with zero attached hydrogens (tertiary/aromatic N) is 5. The molecule has 170 valence electrons. The number of aliphatic imine (C=N–C) groups is 1. The van der Waals surface area contributed by atoms with Crippen LogP contribution >= 0.6 is 0 Å². The molecule has 1 saturated heterocycles. The summed E-state index contributed by atoms with van der Waals surface area (Å²) in [6.07, 6.45) is 4.21. The lowest BCUT2D eigenvalue weighted by Gasteiger charge is -2.27. The molecule has 0 aliphatic carbocycles. The number of furan rings is 1. The molecule has 1 aliphatic rings. The zero-order valence-corrected chi connectivity index (χ0v) is 19.2. The van der Waals surface area contributed by atoms with Crippen molar-refractivity contribution in [2.24, 2.45) is 12.0 Å². The lowest BCUT2D eigenvalue weighted by Crippen LogP contribution is -2.43. The van der Waals surface area contributed by atoms with Gasteiger partial charge in [-0.15, -0.1) is 10.2 Å². The Balaban J connectivity index is 1.50. The van der Waals surface area contributed by atoms with Crippen molar-refractivity contribution in [1.82, 2.24) is 30.3 Å². The summed E-state index contributed by atoms with van der Waals surface area (Å²) in [5.74, 6) is 3.44. The van der Waals surface area contributed by atoms with Crippen LogP contribution in [-0.2, 0) is 13.6 Å². The van der Waals surface area contributed by atoms with Gasteiger partial charge in [-0.1, -0.05) is 30.3 Å². The number of guanidine groups is 1. The van der Waals surface area contributed by atoms with Gasteiger partial charge >= 0.3 is 0 Å². The third-order valence-electron chi connectivity index (χ3n) is 6.13.